The Labute approximate surface area is 152 Å². The van der Waals surface area contributed by atoms with Crippen LogP contribution in [-0.4, -0.2) is 21.9 Å². The first-order valence-corrected chi connectivity index (χ1v) is 8.69. The first-order valence-electron chi connectivity index (χ1n) is 8.69. The van der Waals surface area contributed by atoms with E-state index >= 15 is 0 Å². The smallest absolute Gasteiger partial charge is 0.272 e. The molecule has 0 spiro atoms. The molecule has 2 heterocycles. The minimum Gasteiger partial charge on any atom is -0.347 e. The van der Waals surface area contributed by atoms with Crippen LogP contribution >= 0.6 is 0 Å². The minimum absolute atomic E-state index is 0.140. The van der Waals surface area contributed by atoms with Gasteiger partial charge in [-0.25, -0.2) is 4.39 Å². The molecule has 6 heteroatoms. The molecule has 2 amide bonds. The monoisotopic (exact) mass is 357 g/mol. The Hall–Kier alpha value is -2.63. The molecule has 5 nitrogen and oxygen atoms in total. The predicted octanol–water partition coefficient (Wildman–Crippen LogP) is 3.49. The standard InChI is InChI=1S/C20H24FN3O2/c1-11-6-7-14(21)15(10-11)22-19(26)17-13-8-9-20(3,4)23-18(25)16(13)12(2)24(17)5/h6-7,10H,8-9H2,1-5H3,(H,22,26)(H,23,25). The van der Waals surface area contributed by atoms with Gasteiger partial charge in [0.1, 0.15) is 11.5 Å². The molecular formula is C20H24FN3O2. The van der Waals surface area contributed by atoms with E-state index in [0.717, 1.165) is 16.8 Å². The molecule has 2 N–H and O–H groups in total. The van der Waals surface area contributed by atoms with Crippen molar-refractivity contribution in [3.05, 3.63) is 52.1 Å². The average Bonchev–Trinajstić information content (AvgIpc) is 2.72. The number of halogens is 1. The van der Waals surface area contributed by atoms with E-state index in [9.17, 15) is 14.0 Å². The second-order valence-corrected chi connectivity index (χ2v) is 7.62. The molecule has 138 valence electrons. The summed E-state index contributed by atoms with van der Waals surface area (Å²) in [6.07, 6.45) is 1.32. The second kappa shape index (κ2) is 6.27. The molecule has 0 saturated heterocycles. The van der Waals surface area contributed by atoms with Gasteiger partial charge in [0.25, 0.3) is 11.8 Å². The van der Waals surface area contributed by atoms with Crippen molar-refractivity contribution in [3.63, 3.8) is 0 Å². The summed E-state index contributed by atoms with van der Waals surface area (Å²) >= 11 is 0. The van der Waals surface area contributed by atoms with E-state index in [4.69, 9.17) is 0 Å². The summed E-state index contributed by atoms with van der Waals surface area (Å²) in [6, 6.07) is 4.57. The fourth-order valence-electron chi connectivity index (χ4n) is 3.49. The van der Waals surface area contributed by atoms with Crippen molar-refractivity contribution in [1.29, 1.82) is 0 Å². The molecule has 1 aliphatic heterocycles. The molecule has 26 heavy (non-hydrogen) atoms. The topological polar surface area (TPSA) is 63.1 Å². The van der Waals surface area contributed by atoms with Crippen molar-refractivity contribution in [1.82, 2.24) is 9.88 Å². The van der Waals surface area contributed by atoms with Gasteiger partial charge in [-0.2, -0.15) is 0 Å². The van der Waals surface area contributed by atoms with Gasteiger partial charge < -0.3 is 15.2 Å². The van der Waals surface area contributed by atoms with Crippen LogP contribution in [0.2, 0.25) is 0 Å². The lowest BCUT2D eigenvalue weighted by Gasteiger charge is -2.23. The lowest BCUT2D eigenvalue weighted by Crippen LogP contribution is -2.42. The maximum atomic E-state index is 14.0. The van der Waals surface area contributed by atoms with Gasteiger partial charge in [0.05, 0.1) is 11.3 Å². The summed E-state index contributed by atoms with van der Waals surface area (Å²) in [4.78, 5) is 25.6. The summed E-state index contributed by atoms with van der Waals surface area (Å²) in [6.45, 7) is 7.59. The fourth-order valence-corrected chi connectivity index (χ4v) is 3.49. The number of amides is 2. The number of benzene rings is 1. The number of carbonyl (C=O) groups is 2. The number of nitrogens with zero attached hydrogens (tertiary/aromatic N) is 1. The molecule has 1 aliphatic rings. The molecular weight excluding hydrogens is 333 g/mol. The Kier molecular flexibility index (Phi) is 4.38. The van der Waals surface area contributed by atoms with Gasteiger partial charge in [-0.1, -0.05) is 6.07 Å². The van der Waals surface area contributed by atoms with Crippen LogP contribution in [0.1, 0.15) is 57.9 Å². The van der Waals surface area contributed by atoms with Gasteiger partial charge in [-0.3, -0.25) is 9.59 Å². The highest BCUT2D eigenvalue weighted by atomic mass is 19.1. The molecule has 1 aromatic carbocycles. The summed E-state index contributed by atoms with van der Waals surface area (Å²) in [5.74, 6) is -1.06. The summed E-state index contributed by atoms with van der Waals surface area (Å²) in [7, 11) is 1.75. The van der Waals surface area contributed by atoms with Crippen LogP contribution in [0.25, 0.3) is 0 Å². The molecule has 2 aromatic rings. The van der Waals surface area contributed by atoms with Gasteiger partial charge in [0.2, 0.25) is 0 Å². The van der Waals surface area contributed by atoms with E-state index in [-0.39, 0.29) is 17.1 Å². The largest absolute Gasteiger partial charge is 0.347 e. The quantitative estimate of drug-likeness (QED) is 0.864. The molecule has 0 fully saturated rings. The third kappa shape index (κ3) is 3.11. The zero-order valence-corrected chi connectivity index (χ0v) is 15.8. The van der Waals surface area contributed by atoms with Crippen LogP contribution in [0.4, 0.5) is 10.1 Å². The number of nitrogens with one attached hydrogen (secondary N) is 2. The Morgan fingerprint density at radius 3 is 2.69 bits per heavy atom. The van der Waals surface area contributed by atoms with Crippen LogP contribution in [0.3, 0.4) is 0 Å². The zero-order valence-electron chi connectivity index (χ0n) is 15.8. The zero-order chi connectivity index (χ0) is 19.2. The van der Waals surface area contributed by atoms with Gasteiger partial charge in [-0.15, -0.1) is 0 Å². The summed E-state index contributed by atoms with van der Waals surface area (Å²) in [5.41, 5.74) is 3.05. The third-order valence-electron chi connectivity index (χ3n) is 5.05. The first-order chi connectivity index (χ1) is 12.1. The van der Waals surface area contributed by atoms with Crippen molar-refractivity contribution < 1.29 is 14.0 Å². The van der Waals surface area contributed by atoms with Crippen LogP contribution in [0, 0.1) is 19.7 Å². The first kappa shape index (κ1) is 18.2. The molecule has 0 bridgehead atoms. The molecule has 0 unspecified atom stereocenters. The Morgan fingerprint density at radius 1 is 1.31 bits per heavy atom. The number of aryl methyl sites for hydroxylation is 1. The highest BCUT2D eigenvalue weighted by Crippen LogP contribution is 2.30. The number of anilines is 1. The van der Waals surface area contributed by atoms with Gasteiger partial charge >= 0.3 is 0 Å². The highest BCUT2D eigenvalue weighted by molar-refractivity contribution is 6.08. The number of rotatable bonds is 2. The van der Waals surface area contributed by atoms with E-state index in [0.29, 0.717) is 24.1 Å². The molecule has 1 aromatic heterocycles. The van der Waals surface area contributed by atoms with E-state index < -0.39 is 11.7 Å². The lowest BCUT2D eigenvalue weighted by molar-refractivity contribution is 0.0914. The maximum Gasteiger partial charge on any atom is 0.272 e. The lowest BCUT2D eigenvalue weighted by atomic mass is 9.96. The normalized spacial score (nSPS) is 15.8. The van der Waals surface area contributed by atoms with Crippen LogP contribution in [-0.2, 0) is 13.5 Å². The van der Waals surface area contributed by atoms with E-state index in [2.05, 4.69) is 10.6 Å². The number of aromatic nitrogens is 1. The van der Waals surface area contributed by atoms with Crippen molar-refractivity contribution in [3.8, 4) is 0 Å². The molecule has 3 rings (SSSR count). The van der Waals surface area contributed by atoms with E-state index in [1.807, 2.05) is 27.7 Å². The molecule has 0 saturated carbocycles. The van der Waals surface area contributed by atoms with E-state index in [1.54, 1.807) is 23.7 Å². The van der Waals surface area contributed by atoms with Gasteiger partial charge in [-0.05, 0) is 63.8 Å². The molecule has 0 aliphatic carbocycles. The number of hydrogen-bond acceptors (Lipinski definition) is 2. The van der Waals surface area contributed by atoms with Gasteiger partial charge in [0.15, 0.2) is 0 Å². The summed E-state index contributed by atoms with van der Waals surface area (Å²) < 4.78 is 15.7. The highest BCUT2D eigenvalue weighted by Gasteiger charge is 2.34. The minimum atomic E-state index is -0.486. The Balaban J connectivity index is 2.04. The predicted molar refractivity (Wildman–Crippen MR) is 99.1 cm³/mol. The average molecular weight is 357 g/mol. The van der Waals surface area contributed by atoms with Crippen LogP contribution < -0.4 is 10.6 Å². The van der Waals surface area contributed by atoms with Crippen molar-refractivity contribution in [2.75, 3.05) is 5.32 Å². The number of carbonyl (C=O) groups excluding carboxylic acids is 2. The van der Waals surface area contributed by atoms with Crippen molar-refractivity contribution in [2.45, 2.75) is 46.1 Å². The van der Waals surface area contributed by atoms with Crippen LogP contribution in [0.15, 0.2) is 18.2 Å². The molecule has 0 atom stereocenters. The molecule has 0 radical (unpaired) electrons. The maximum absolute atomic E-state index is 14.0. The van der Waals surface area contributed by atoms with Crippen molar-refractivity contribution >= 4 is 17.5 Å². The van der Waals surface area contributed by atoms with Crippen LogP contribution in [0.5, 0.6) is 0 Å². The number of fused-ring (bicyclic) bond motifs is 1. The second-order valence-electron chi connectivity index (χ2n) is 7.62. The fraction of sp³-hybridized carbons (Fsp3) is 0.400. The summed E-state index contributed by atoms with van der Waals surface area (Å²) in [5, 5.41) is 5.68. The van der Waals surface area contributed by atoms with E-state index in [1.165, 1.54) is 6.07 Å². The van der Waals surface area contributed by atoms with Gasteiger partial charge in [0, 0.05) is 18.3 Å². The SMILES string of the molecule is Cc1ccc(F)c(NC(=O)c2c3c(c(C)n2C)C(=O)NC(C)(C)CC3)c1. The third-order valence-corrected chi connectivity index (χ3v) is 5.05. The number of hydrogen-bond donors (Lipinski definition) is 2. The Bertz CT molecular complexity index is 912. The van der Waals surface area contributed by atoms with Crippen molar-refractivity contribution in [2.24, 2.45) is 7.05 Å². The Morgan fingerprint density at radius 2 is 2.00 bits per heavy atom.